The van der Waals surface area contributed by atoms with Gasteiger partial charge in [0.1, 0.15) is 0 Å². The van der Waals surface area contributed by atoms with E-state index in [0.29, 0.717) is 27.1 Å². The molecule has 0 spiro atoms. The quantitative estimate of drug-likeness (QED) is 0.255. The van der Waals surface area contributed by atoms with E-state index >= 15 is 0 Å². The maximum Gasteiger partial charge on any atom is 0.416 e. The number of halogens is 5. The van der Waals surface area contributed by atoms with Crippen molar-refractivity contribution in [3.8, 4) is 0 Å². The number of alkyl halides is 4. The third-order valence-electron chi connectivity index (χ3n) is 3.69. The van der Waals surface area contributed by atoms with Gasteiger partial charge in [-0.2, -0.15) is 13.2 Å². The lowest BCUT2D eigenvalue weighted by Crippen LogP contribution is -2.06. The van der Waals surface area contributed by atoms with Gasteiger partial charge in [0.15, 0.2) is 5.78 Å². The van der Waals surface area contributed by atoms with Gasteiger partial charge in [-0.3, -0.25) is 4.79 Å². The molecule has 0 fully saturated rings. The lowest BCUT2D eigenvalue weighted by Gasteiger charge is -2.13. The lowest BCUT2D eigenvalue weighted by molar-refractivity contribution is -0.137. The Morgan fingerprint density at radius 3 is 2.35 bits per heavy atom. The molecule has 0 saturated carbocycles. The van der Waals surface area contributed by atoms with Crippen molar-refractivity contribution in [3.05, 3.63) is 58.1 Å². The molecule has 0 N–H and O–H groups in total. The molecule has 0 amide bonds. The van der Waals surface area contributed by atoms with E-state index in [2.05, 4.69) is 31.9 Å². The number of carbonyl (C=O) groups excluding carboxylic acids is 1. The first-order valence-corrected chi connectivity index (χ1v) is 8.55. The Morgan fingerprint density at radius 1 is 0.957 bits per heavy atom. The zero-order chi connectivity index (χ0) is 16.8. The highest BCUT2D eigenvalue weighted by Gasteiger charge is 2.31. The monoisotopic (exact) mass is 444 g/mol. The van der Waals surface area contributed by atoms with Crippen molar-refractivity contribution in [2.24, 2.45) is 0 Å². The van der Waals surface area contributed by atoms with Crippen LogP contribution in [0.25, 0.3) is 21.5 Å². The molecule has 3 aromatic rings. The topological polar surface area (TPSA) is 17.1 Å². The number of ketones is 1. The number of carbonyl (C=O) groups is 1. The van der Waals surface area contributed by atoms with Gasteiger partial charge >= 0.3 is 6.18 Å². The van der Waals surface area contributed by atoms with E-state index in [4.69, 9.17) is 0 Å². The summed E-state index contributed by atoms with van der Waals surface area (Å²) >= 11 is 6.53. The Kier molecular flexibility index (Phi) is 4.23. The molecule has 0 atom stereocenters. The second-order valence-corrected chi connectivity index (χ2v) is 6.49. The van der Waals surface area contributed by atoms with Crippen LogP contribution < -0.4 is 0 Å². The molecule has 1 nitrogen and oxygen atoms in total. The van der Waals surface area contributed by atoms with E-state index in [1.54, 1.807) is 24.3 Å². The third kappa shape index (κ3) is 2.90. The number of benzene rings is 3. The fourth-order valence-electron chi connectivity index (χ4n) is 2.62. The minimum atomic E-state index is -4.43. The summed E-state index contributed by atoms with van der Waals surface area (Å²) in [7, 11) is 0. The summed E-state index contributed by atoms with van der Waals surface area (Å²) in [4.78, 5) is 12.2. The summed E-state index contributed by atoms with van der Waals surface area (Å²) in [6.07, 6.45) is -4.43. The lowest BCUT2D eigenvalue weighted by atomic mass is 9.94. The van der Waals surface area contributed by atoms with E-state index < -0.39 is 11.7 Å². The zero-order valence-corrected chi connectivity index (χ0v) is 14.7. The molecule has 6 heteroatoms. The molecule has 0 aliphatic carbocycles. The van der Waals surface area contributed by atoms with Crippen LogP contribution in [0.1, 0.15) is 15.9 Å². The number of fused-ring (bicyclic) bond motifs is 3. The fourth-order valence-corrected chi connectivity index (χ4v) is 3.40. The second-order valence-electron chi connectivity index (χ2n) is 5.07. The molecule has 0 heterocycles. The first-order valence-electron chi connectivity index (χ1n) is 6.64. The van der Waals surface area contributed by atoms with Crippen LogP contribution in [-0.2, 0) is 6.18 Å². The van der Waals surface area contributed by atoms with Crippen LogP contribution in [0.2, 0.25) is 0 Å². The highest BCUT2D eigenvalue weighted by molar-refractivity contribution is 9.10. The SMILES string of the molecule is O=C(CBr)c1cc2c(Br)cccc2c2cc(C(F)(F)F)ccc12. The van der Waals surface area contributed by atoms with Gasteiger partial charge in [0.2, 0.25) is 0 Å². The molecule has 0 unspecified atom stereocenters. The van der Waals surface area contributed by atoms with Crippen molar-refractivity contribution in [2.45, 2.75) is 6.18 Å². The van der Waals surface area contributed by atoms with Gasteiger partial charge in [-0.15, -0.1) is 0 Å². The average molecular weight is 446 g/mol. The highest BCUT2D eigenvalue weighted by Crippen LogP contribution is 2.37. The largest absolute Gasteiger partial charge is 0.416 e. The standard InChI is InChI=1S/C17H9Br2F3O/c18-8-16(23)14-7-13-10(2-1-3-15(13)19)12-6-9(17(20,21)22)4-5-11(12)14/h1-7H,8H2. The van der Waals surface area contributed by atoms with Crippen LogP contribution in [0.3, 0.4) is 0 Å². The third-order valence-corrected chi connectivity index (χ3v) is 4.89. The van der Waals surface area contributed by atoms with Crippen LogP contribution >= 0.6 is 31.9 Å². The molecule has 3 aromatic carbocycles. The van der Waals surface area contributed by atoms with Crippen molar-refractivity contribution in [1.82, 2.24) is 0 Å². The molecule has 118 valence electrons. The Hall–Kier alpha value is -1.40. The predicted octanol–water partition coefficient (Wildman–Crippen LogP) is 6.35. The maximum atomic E-state index is 13.0. The van der Waals surface area contributed by atoms with Crippen LogP contribution in [0, 0.1) is 0 Å². The van der Waals surface area contributed by atoms with Crippen LogP contribution in [-0.4, -0.2) is 11.1 Å². The van der Waals surface area contributed by atoms with Crippen LogP contribution in [0.5, 0.6) is 0 Å². The number of hydrogen-bond donors (Lipinski definition) is 0. The summed E-state index contributed by atoms with van der Waals surface area (Å²) in [6.45, 7) is 0. The van der Waals surface area contributed by atoms with Crippen molar-refractivity contribution in [1.29, 1.82) is 0 Å². The molecule has 23 heavy (non-hydrogen) atoms. The van der Waals surface area contributed by atoms with Crippen molar-refractivity contribution < 1.29 is 18.0 Å². The molecule has 0 radical (unpaired) electrons. The maximum absolute atomic E-state index is 13.0. The summed E-state index contributed by atoms with van der Waals surface area (Å²) in [6, 6.07) is 10.5. The molecular formula is C17H9Br2F3O. The van der Waals surface area contributed by atoms with Gasteiger partial charge in [-0.05, 0) is 45.8 Å². The van der Waals surface area contributed by atoms with Gasteiger partial charge in [0.05, 0.1) is 10.9 Å². The molecule has 0 aromatic heterocycles. The first-order chi connectivity index (χ1) is 10.8. The van der Waals surface area contributed by atoms with Gasteiger partial charge in [0.25, 0.3) is 0 Å². The molecule has 0 aliphatic heterocycles. The highest BCUT2D eigenvalue weighted by atomic mass is 79.9. The van der Waals surface area contributed by atoms with E-state index in [1.165, 1.54) is 6.07 Å². The van der Waals surface area contributed by atoms with E-state index in [9.17, 15) is 18.0 Å². The summed E-state index contributed by atoms with van der Waals surface area (Å²) in [5.74, 6) is -0.174. The summed E-state index contributed by atoms with van der Waals surface area (Å²) in [5.41, 5.74) is -0.320. The van der Waals surface area contributed by atoms with Crippen molar-refractivity contribution in [3.63, 3.8) is 0 Å². The smallest absolute Gasteiger partial charge is 0.293 e. The molecular weight excluding hydrogens is 437 g/mol. The number of hydrogen-bond acceptors (Lipinski definition) is 1. The summed E-state index contributed by atoms with van der Waals surface area (Å²) < 4.78 is 39.8. The predicted molar refractivity (Wildman–Crippen MR) is 92.3 cm³/mol. The normalized spacial score (nSPS) is 12.0. The number of Topliss-reactive ketones (excluding diaryl/α,β-unsaturated/α-hetero) is 1. The minimum Gasteiger partial charge on any atom is -0.293 e. The van der Waals surface area contributed by atoms with E-state index in [0.717, 1.165) is 16.6 Å². The summed E-state index contributed by atoms with van der Waals surface area (Å²) in [5, 5.41) is 2.44. The van der Waals surface area contributed by atoms with Gasteiger partial charge in [-0.25, -0.2) is 0 Å². The molecule has 0 saturated heterocycles. The fraction of sp³-hybridized carbons (Fsp3) is 0.118. The number of rotatable bonds is 2. The Balaban J connectivity index is 2.49. The molecule has 3 rings (SSSR count). The van der Waals surface area contributed by atoms with E-state index in [-0.39, 0.29) is 11.1 Å². The van der Waals surface area contributed by atoms with Crippen LogP contribution in [0.15, 0.2) is 46.9 Å². The van der Waals surface area contributed by atoms with E-state index in [1.807, 2.05) is 0 Å². The Bertz CT molecular complexity index is 932. The van der Waals surface area contributed by atoms with Crippen molar-refractivity contribution in [2.75, 3.05) is 5.33 Å². The minimum absolute atomic E-state index is 0.110. The Morgan fingerprint density at radius 2 is 1.70 bits per heavy atom. The average Bonchev–Trinajstić information content (AvgIpc) is 2.52. The molecule has 0 bridgehead atoms. The van der Waals surface area contributed by atoms with Gasteiger partial charge in [0, 0.05) is 10.0 Å². The van der Waals surface area contributed by atoms with Gasteiger partial charge in [-0.1, -0.05) is 50.1 Å². The molecule has 0 aliphatic rings. The Labute approximate surface area is 146 Å². The zero-order valence-electron chi connectivity index (χ0n) is 11.5. The van der Waals surface area contributed by atoms with Crippen molar-refractivity contribution >= 4 is 59.2 Å². The van der Waals surface area contributed by atoms with Crippen LogP contribution in [0.4, 0.5) is 13.2 Å². The van der Waals surface area contributed by atoms with Gasteiger partial charge < -0.3 is 0 Å². The second kappa shape index (κ2) is 5.91. The first kappa shape index (κ1) is 16.5.